The number of carbonyl (C=O) groups is 2. The maximum absolute atomic E-state index is 12.2. The molecule has 9 heteroatoms. The number of amides is 3. The number of urea groups is 1. The lowest BCUT2D eigenvalue weighted by atomic mass is 9.93. The van der Waals surface area contributed by atoms with Gasteiger partial charge in [-0.15, -0.1) is 0 Å². The number of piperidine rings is 1. The highest BCUT2D eigenvalue weighted by atomic mass is 35.5. The average Bonchev–Trinajstić information content (AvgIpc) is 2.49. The first-order valence-electron chi connectivity index (χ1n) is 7.15. The summed E-state index contributed by atoms with van der Waals surface area (Å²) >= 11 is 5.95. The van der Waals surface area contributed by atoms with Crippen LogP contribution in [0.5, 0.6) is 0 Å². The highest BCUT2D eigenvalue weighted by Crippen LogP contribution is 2.27. The summed E-state index contributed by atoms with van der Waals surface area (Å²) in [5, 5.41) is 13.4. The number of hydrogen-bond donors (Lipinski definition) is 2. The van der Waals surface area contributed by atoms with Crippen molar-refractivity contribution in [1.29, 1.82) is 0 Å². The van der Waals surface area contributed by atoms with E-state index in [1.54, 1.807) is 4.90 Å². The lowest BCUT2D eigenvalue weighted by Gasteiger charge is -2.31. The summed E-state index contributed by atoms with van der Waals surface area (Å²) in [5.74, 6) is -0.120. The van der Waals surface area contributed by atoms with Gasteiger partial charge in [-0.05, 0) is 24.8 Å². The summed E-state index contributed by atoms with van der Waals surface area (Å²) in [7, 11) is 0. The van der Waals surface area contributed by atoms with Crippen LogP contribution in [0.25, 0.3) is 0 Å². The Morgan fingerprint density at radius 2 is 2.04 bits per heavy atom. The zero-order valence-electron chi connectivity index (χ0n) is 12.3. The SMILES string of the molecule is NC(=O)CC1CCN(C(=O)Nc2ccc([N+](=O)[O-])cc2Cl)CC1. The van der Waals surface area contributed by atoms with E-state index in [4.69, 9.17) is 17.3 Å². The Balaban J connectivity index is 1.93. The maximum atomic E-state index is 12.2. The summed E-state index contributed by atoms with van der Waals surface area (Å²) in [4.78, 5) is 34.8. The number of primary amides is 1. The molecule has 3 N–H and O–H groups in total. The fourth-order valence-electron chi connectivity index (χ4n) is 2.54. The molecule has 1 aromatic rings. The first-order chi connectivity index (χ1) is 10.9. The van der Waals surface area contributed by atoms with Crippen LogP contribution in [-0.4, -0.2) is 34.9 Å². The second kappa shape index (κ2) is 7.28. The van der Waals surface area contributed by atoms with Crippen molar-refractivity contribution in [2.75, 3.05) is 18.4 Å². The fourth-order valence-corrected chi connectivity index (χ4v) is 2.76. The van der Waals surface area contributed by atoms with Crippen LogP contribution < -0.4 is 11.1 Å². The van der Waals surface area contributed by atoms with Crippen molar-refractivity contribution in [2.45, 2.75) is 19.3 Å². The van der Waals surface area contributed by atoms with Crippen molar-refractivity contribution < 1.29 is 14.5 Å². The molecule has 0 radical (unpaired) electrons. The Morgan fingerprint density at radius 3 is 2.57 bits per heavy atom. The van der Waals surface area contributed by atoms with E-state index in [-0.39, 0.29) is 28.6 Å². The summed E-state index contributed by atoms with van der Waals surface area (Å²) in [6.07, 6.45) is 1.76. The van der Waals surface area contributed by atoms with Crippen LogP contribution in [0.1, 0.15) is 19.3 Å². The number of nitrogens with two attached hydrogens (primary N) is 1. The van der Waals surface area contributed by atoms with E-state index in [0.717, 1.165) is 0 Å². The van der Waals surface area contributed by atoms with Crippen molar-refractivity contribution in [3.63, 3.8) is 0 Å². The third kappa shape index (κ3) is 4.56. The molecule has 8 nitrogen and oxygen atoms in total. The molecule has 23 heavy (non-hydrogen) atoms. The molecular weight excluding hydrogens is 324 g/mol. The van der Waals surface area contributed by atoms with E-state index >= 15 is 0 Å². The second-order valence-corrected chi connectivity index (χ2v) is 5.86. The quantitative estimate of drug-likeness (QED) is 0.645. The van der Waals surface area contributed by atoms with Gasteiger partial charge in [0.1, 0.15) is 0 Å². The van der Waals surface area contributed by atoms with Gasteiger partial charge in [0.05, 0.1) is 15.6 Å². The molecule has 1 fully saturated rings. The standard InChI is InChI=1S/C14H17ClN4O4/c15-11-8-10(19(22)23)1-2-12(11)17-14(21)18-5-3-9(4-6-18)7-13(16)20/h1-2,8-9H,3-7H2,(H2,16,20)(H,17,21). The highest BCUT2D eigenvalue weighted by Gasteiger charge is 2.24. The second-order valence-electron chi connectivity index (χ2n) is 5.45. The number of nitro benzene ring substituents is 1. The van der Waals surface area contributed by atoms with Gasteiger partial charge < -0.3 is 16.0 Å². The number of carbonyl (C=O) groups excluding carboxylic acids is 2. The summed E-state index contributed by atoms with van der Waals surface area (Å²) in [6.45, 7) is 1.04. The number of hydrogen-bond acceptors (Lipinski definition) is 4. The van der Waals surface area contributed by atoms with Crippen LogP contribution in [0, 0.1) is 16.0 Å². The predicted molar refractivity (Wildman–Crippen MR) is 85.2 cm³/mol. The minimum absolute atomic E-state index is 0.108. The molecule has 124 valence electrons. The Hall–Kier alpha value is -2.35. The third-order valence-electron chi connectivity index (χ3n) is 3.80. The van der Waals surface area contributed by atoms with Crippen LogP contribution in [0.4, 0.5) is 16.2 Å². The predicted octanol–water partition coefficient (Wildman–Crippen LogP) is 2.37. The van der Waals surface area contributed by atoms with Gasteiger partial charge in [-0.1, -0.05) is 11.6 Å². The van der Waals surface area contributed by atoms with Crippen LogP contribution in [-0.2, 0) is 4.79 Å². The van der Waals surface area contributed by atoms with Crippen molar-refractivity contribution in [3.05, 3.63) is 33.3 Å². The highest BCUT2D eigenvalue weighted by molar-refractivity contribution is 6.33. The number of likely N-dealkylation sites (tertiary alicyclic amines) is 1. The molecule has 0 aromatic heterocycles. The van der Waals surface area contributed by atoms with Crippen molar-refractivity contribution in [1.82, 2.24) is 4.90 Å². The van der Waals surface area contributed by atoms with Gasteiger partial charge in [-0.3, -0.25) is 14.9 Å². The molecule has 1 aromatic carbocycles. The lowest BCUT2D eigenvalue weighted by Crippen LogP contribution is -2.41. The van der Waals surface area contributed by atoms with Gasteiger partial charge in [-0.25, -0.2) is 4.79 Å². The number of halogens is 1. The lowest BCUT2D eigenvalue weighted by molar-refractivity contribution is -0.384. The van der Waals surface area contributed by atoms with E-state index in [1.165, 1.54) is 18.2 Å². The van der Waals surface area contributed by atoms with E-state index in [1.807, 2.05) is 0 Å². The summed E-state index contributed by atoms with van der Waals surface area (Å²) in [6, 6.07) is 3.55. The molecule has 0 bridgehead atoms. The monoisotopic (exact) mass is 340 g/mol. The van der Waals surface area contributed by atoms with E-state index < -0.39 is 4.92 Å². The Kier molecular flexibility index (Phi) is 5.38. The minimum atomic E-state index is -0.555. The number of non-ortho nitro benzene ring substituents is 1. The Morgan fingerprint density at radius 1 is 1.39 bits per heavy atom. The topological polar surface area (TPSA) is 119 Å². The smallest absolute Gasteiger partial charge is 0.321 e. The number of nitrogens with zero attached hydrogens (tertiary/aromatic N) is 2. The Bertz CT molecular complexity index is 629. The number of nitrogens with one attached hydrogen (secondary N) is 1. The van der Waals surface area contributed by atoms with Crippen molar-refractivity contribution >= 4 is 34.9 Å². The van der Waals surface area contributed by atoms with E-state index in [9.17, 15) is 19.7 Å². The van der Waals surface area contributed by atoms with Gasteiger partial charge in [0, 0.05) is 31.6 Å². The third-order valence-corrected chi connectivity index (χ3v) is 4.11. The van der Waals surface area contributed by atoms with Gasteiger partial charge in [0.2, 0.25) is 5.91 Å². The van der Waals surface area contributed by atoms with E-state index in [0.29, 0.717) is 38.0 Å². The summed E-state index contributed by atoms with van der Waals surface area (Å²) in [5.41, 5.74) is 5.36. The van der Waals surface area contributed by atoms with Crippen LogP contribution >= 0.6 is 11.6 Å². The molecule has 2 rings (SSSR count). The zero-order chi connectivity index (χ0) is 17.0. The largest absolute Gasteiger partial charge is 0.370 e. The number of nitro groups is 1. The maximum Gasteiger partial charge on any atom is 0.321 e. The van der Waals surface area contributed by atoms with Crippen molar-refractivity contribution in [3.8, 4) is 0 Å². The van der Waals surface area contributed by atoms with Gasteiger partial charge in [0.15, 0.2) is 0 Å². The number of benzene rings is 1. The average molecular weight is 341 g/mol. The Labute approximate surface area is 137 Å². The van der Waals surface area contributed by atoms with Crippen LogP contribution in [0.15, 0.2) is 18.2 Å². The van der Waals surface area contributed by atoms with Crippen LogP contribution in [0.3, 0.4) is 0 Å². The van der Waals surface area contributed by atoms with E-state index in [2.05, 4.69) is 5.32 Å². The molecule has 1 saturated heterocycles. The number of anilines is 1. The molecule has 0 saturated carbocycles. The van der Waals surface area contributed by atoms with Gasteiger partial charge >= 0.3 is 6.03 Å². The molecule has 1 aliphatic rings. The zero-order valence-corrected chi connectivity index (χ0v) is 13.1. The molecule has 0 spiro atoms. The number of rotatable bonds is 4. The van der Waals surface area contributed by atoms with Crippen molar-refractivity contribution in [2.24, 2.45) is 11.7 Å². The molecule has 1 heterocycles. The molecule has 3 amide bonds. The molecule has 0 unspecified atom stereocenters. The van der Waals surface area contributed by atoms with Crippen LogP contribution in [0.2, 0.25) is 5.02 Å². The molecular formula is C14H17ClN4O4. The fraction of sp³-hybridized carbons (Fsp3) is 0.429. The van der Waals surface area contributed by atoms with Gasteiger partial charge in [0.25, 0.3) is 5.69 Å². The first kappa shape index (κ1) is 17.0. The minimum Gasteiger partial charge on any atom is -0.370 e. The first-order valence-corrected chi connectivity index (χ1v) is 7.53. The molecule has 1 aliphatic heterocycles. The molecule has 0 aliphatic carbocycles. The summed E-state index contributed by atoms with van der Waals surface area (Å²) < 4.78 is 0. The normalized spacial score (nSPS) is 15.3. The van der Waals surface area contributed by atoms with Gasteiger partial charge in [-0.2, -0.15) is 0 Å². The molecule has 0 atom stereocenters.